The van der Waals surface area contributed by atoms with Crippen LogP contribution in [0.3, 0.4) is 0 Å². The summed E-state index contributed by atoms with van der Waals surface area (Å²) in [7, 11) is 0. The average Bonchev–Trinajstić information content (AvgIpc) is 2.69. The molecule has 1 heterocycles. The summed E-state index contributed by atoms with van der Waals surface area (Å²) in [6.45, 7) is 0.215. The number of aliphatic hydroxyl groups is 1. The van der Waals surface area contributed by atoms with Crippen molar-refractivity contribution in [1.82, 2.24) is 9.97 Å². The molecule has 0 unspecified atom stereocenters. The van der Waals surface area contributed by atoms with Gasteiger partial charge in [-0.2, -0.15) is 0 Å². The molecular formula is C20H20N4O2S. The molecule has 6 nitrogen and oxygen atoms in total. The predicted octanol–water partition coefficient (Wildman–Crippen LogP) is 3.46. The highest BCUT2D eigenvalue weighted by molar-refractivity contribution is 7.99. The lowest BCUT2D eigenvalue weighted by atomic mass is 10.1. The third-order valence-electron chi connectivity index (χ3n) is 3.80. The summed E-state index contributed by atoms with van der Waals surface area (Å²) in [6.07, 6.45) is 2.49. The van der Waals surface area contributed by atoms with E-state index in [0.29, 0.717) is 11.5 Å². The van der Waals surface area contributed by atoms with Crippen LogP contribution in [-0.2, 0) is 0 Å². The van der Waals surface area contributed by atoms with Gasteiger partial charge >= 0.3 is 0 Å². The number of amides is 1. The Hall–Kier alpha value is -2.90. The number of nitrogens with one attached hydrogen (secondary N) is 1. The number of carbonyl (C=O) groups excluding carboxylic acids is 1. The molecule has 0 spiro atoms. The quantitative estimate of drug-likeness (QED) is 0.409. The van der Waals surface area contributed by atoms with Gasteiger partial charge in [0.15, 0.2) is 0 Å². The van der Waals surface area contributed by atoms with Crippen LogP contribution in [0.25, 0.3) is 11.3 Å². The molecule has 0 aliphatic heterocycles. The minimum atomic E-state index is -0.460. The SMILES string of the molecule is NC(=O)c1ccc(Nc2nccc(-c3ccc(SCCCO)cc3)n2)cc1. The second kappa shape index (κ2) is 9.16. The van der Waals surface area contributed by atoms with Crippen molar-refractivity contribution in [3.8, 4) is 11.3 Å². The average molecular weight is 380 g/mol. The molecule has 0 saturated heterocycles. The number of rotatable bonds is 8. The van der Waals surface area contributed by atoms with E-state index in [-0.39, 0.29) is 6.61 Å². The molecule has 138 valence electrons. The van der Waals surface area contributed by atoms with Gasteiger partial charge in [0.2, 0.25) is 11.9 Å². The Kier molecular flexibility index (Phi) is 6.40. The molecule has 0 saturated carbocycles. The van der Waals surface area contributed by atoms with Crippen LogP contribution in [0.5, 0.6) is 0 Å². The lowest BCUT2D eigenvalue weighted by Gasteiger charge is -2.08. The summed E-state index contributed by atoms with van der Waals surface area (Å²) in [5.74, 6) is 0.907. The fraction of sp³-hybridized carbons (Fsp3) is 0.150. The number of nitrogens with two attached hydrogens (primary N) is 1. The van der Waals surface area contributed by atoms with Gasteiger partial charge < -0.3 is 16.2 Å². The first-order chi connectivity index (χ1) is 13.2. The fourth-order valence-electron chi connectivity index (χ4n) is 2.40. The first-order valence-corrected chi connectivity index (χ1v) is 9.48. The molecule has 27 heavy (non-hydrogen) atoms. The molecule has 0 aliphatic carbocycles. The van der Waals surface area contributed by atoms with Crippen LogP contribution in [0.2, 0.25) is 0 Å². The van der Waals surface area contributed by atoms with Crippen molar-refractivity contribution in [2.45, 2.75) is 11.3 Å². The van der Waals surface area contributed by atoms with Crippen LogP contribution in [0.1, 0.15) is 16.8 Å². The van der Waals surface area contributed by atoms with Crippen LogP contribution >= 0.6 is 11.8 Å². The molecule has 0 radical (unpaired) electrons. The molecule has 4 N–H and O–H groups in total. The van der Waals surface area contributed by atoms with Gasteiger partial charge in [-0.15, -0.1) is 11.8 Å². The van der Waals surface area contributed by atoms with Crippen molar-refractivity contribution >= 4 is 29.3 Å². The molecule has 7 heteroatoms. The lowest BCUT2D eigenvalue weighted by Crippen LogP contribution is -2.10. The molecule has 1 amide bonds. The van der Waals surface area contributed by atoms with Gasteiger partial charge in [-0.3, -0.25) is 4.79 Å². The van der Waals surface area contributed by atoms with E-state index >= 15 is 0 Å². The van der Waals surface area contributed by atoms with Crippen LogP contribution in [0.15, 0.2) is 65.7 Å². The molecule has 0 aliphatic rings. The van der Waals surface area contributed by atoms with Gasteiger partial charge in [-0.05, 0) is 48.9 Å². The van der Waals surface area contributed by atoms with Gasteiger partial charge in [-0.1, -0.05) is 12.1 Å². The van der Waals surface area contributed by atoms with Crippen molar-refractivity contribution in [3.63, 3.8) is 0 Å². The number of aromatic nitrogens is 2. The van der Waals surface area contributed by atoms with E-state index in [4.69, 9.17) is 10.8 Å². The summed E-state index contributed by atoms with van der Waals surface area (Å²) >= 11 is 1.72. The number of hydrogen-bond donors (Lipinski definition) is 3. The maximum atomic E-state index is 11.1. The number of anilines is 2. The van der Waals surface area contributed by atoms with Gasteiger partial charge in [0.25, 0.3) is 0 Å². The zero-order valence-corrected chi connectivity index (χ0v) is 15.4. The Morgan fingerprint density at radius 2 is 1.81 bits per heavy atom. The highest BCUT2D eigenvalue weighted by Gasteiger charge is 2.05. The van der Waals surface area contributed by atoms with Crippen molar-refractivity contribution in [1.29, 1.82) is 0 Å². The van der Waals surface area contributed by atoms with Crippen LogP contribution in [-0.4, -0.2) is 33.3 Å². The van der Waals surface area contributed by atoms with Crippen LogP contribution in [0, 0.1) is 0 Å². The molecule has 2 aromatic carbocycles. The number of primary amides is 1. The van der Waals surface area contributed by atoms with Crippen LogP contribution < -0.4 is 11.1 Å². The van der Waals surface area contributed by atoms with Crippen LogP contribution in [0.4, 0.5) is 11.6 Å². The fourth-order valence-corrected chi connectivity index (χ4v) is 3.24. The van der Waals surface area contributed by atoms with E-state index in [1.165, 1.54) is 0 Å². The number of carbonyl (C=O) groups is 1. The van der Waals surface area contributed by atoms with Gasteiger partial charge in [0.1, 0.15) is 0 Å². The largest absolute Gasteiger partial charge is 0.396 e. The maximum absolute atomic E-state index is 11.1. The minimum Gasteiger partial charge on any atom is -0.396 e. The Balaban J connectivity index is 1.70. The summed E-state index contributed by atoms with van der Waals surface area (Å²) < 4.78 is 0. The maximum Gasteiger partial charge on any atom is 0.248 e. The summed E-state index contributed by atoms with van der Waals surface area (Å²) in [4.78, 5) is 21.1. The monoisotopic (exact) mass is 380 g/mol. The Bertz CT molecular complexity index is 899. The summed E-state index contributed by atoms with van der Waals surface area (Å²) in [5.41, 5.74) is 8.28. The minimum absolute atomic E-state index is 0.215. The van der Waals surface area contributed by atoms with E-state index in [0.717, 1.165) is 34.0 Å². The normalized spacial score (nSPS) is 10.6. The van der Waals surface area contributed by atoms with E-state index in [9.17, 15) is 4.79 Å². The molecule has 3 rings (SSSR count). The number of hydrogen-bond acceptors (Lipinski definition) is 6. The topological polar surface area (TPSA) is 101 Å². The predicted molar refractivity (Wildman–Crippen MR) is 108 cm³/mol. The number of thioether (sulfide) groups is 1. The van der Waals surface area contributed by atoms with Gasteiger partial charge in [0.05, 0.1) is 5.69 Å². The van der Waals surface area contributed by atoms with Crippen molar-refractivity contribution < 1.29 is 9.90 Å². The van der Waals surface area contributed by atoms with E-state index < -0.39 is 5.91 Å². The Morgan fingerprint density at radius 1 is 1.07 bits per heavy atom. The number of nitrogens with zero attached hydrogens (tertiary/aromatic N) is 2. The third-order valence-corrected chi connectivity index (χ3v) is 4.90. The molecule has 0 bridgehead atoms. The smallest absolute Gasteiger partial charge is 0.248 e. The zero-order chi connectivity index (χ0) is 19.1. The van der Waals surface area contributed by atoms with Crippen molar-refractivity contribution in [3.05, 3.63) is 66.4 Å². The highest BCUT2D eigenvalue weighted by atomic mass is 32.2. The summed E-state index contributed by atoms with van der Waals surface area (Å²) in [6, 6.07) is 16.8. The first kappa shape index (κ1) is 18.9. The van der Waals surface area contributed by atoms with E-state index in [1.54, 1.807) is 42.2 Å². The number of aliphatic hydroxyl groups excluding tert-OH is 1. The van der Waals surface area contributed by atoms with Gasteiger partial charge in [-0.25, -0.2) is 9.97 Å². The molecule has 1 aromatic heterocycles. The molecule has 3 aromatic rings. The first-order valence-electron chi connectivity index (χ1n) is 8.50. The van der Waals surface area contributed by atoms with Gasteiger partial charge in [0, 0.05) is 40.3 Å². The van der Waals surface area contributed by atoms with Crippen molar-refractivity contribution in [2.75, 3.05) is 17.7 Å². The Labute approximate surface area is 161 Å². The summed E-state index contributed by atoms with van der Waals surface area (Å²) in [5, 5.41) is 12.0. The highest BCUT2D eigenvalue weighted by Crippen LogP contribution is 2.24. The third kappa shape index (κ3) is 5.29. The van der Waals surface area contributed by atoms with E-state index in [1.807, 2.05) is 18.2 Å². The molecule has 0 fully saturated rings. The van der Waals surface area contributed by atoms with Crippen molar-refractivity contribution in [2.24, 2.45) is 5.73 Å². The second-order valence-electron chi connectivity index (χ2n) is 5.78. The Morgan fingerprint density at radius 3 is 2.48 bits per heavy atom. The molecule has 0 atom stereocenters. The molecular weight excluding hydrogens is 360 g/mol. The standard InChI is InChI=1S/C20H20N4O2S/c21-19(26)15-2-6-16(7-3-15)23-20-22-11-10-18(24-20)14-4-8-17(9-5-14)27-13-1-12-25/h2-11,25H,1,12-13H2,(H2,21,26)(H,22,23,24). The number of benzene rings is 2. The van der Waals surface area contributed by atoms with E-state index in [2.05, 4.69) is 27.4 Å². The zero-order valence-electron chi connectivity index (χ0n) is 14.6. The second-order valence-corrected chi connectivity index (χ2v) is 6.95. The lowest BCUT2D eigenvalue weighted by molar-refractivity contribution is 0.100.